The van der Waals surface area contributed by atoms with Gasteiger partial charge in [-0.15, -0.1) is 0 Å². The maximum atomic E-state index is 12.8. The fraction of sp³-hybridized carbons (Fsp3) is 0.278. The van der Waals surface area contributed by atoms with E-state index in [0.717, 1.165) is 29.8 Å². The number of phenolic OH excluding ortho intramolecular Hbond substituents is 1. The Labute approximate surface area is 134 Å². The van der Waals surface area contributed by atoms with Crippen LogP contribution < -0.4 is 15.4 Å². The lowest BCUT2D eigenvalue weighted by Gasteiger charge is -2.29. The number of phenols is 1. The maximum absolute atomic E-state index is 12.8. The van der Waals surface area contributed by atoms with Crippen molar-refractivity contribution in [3.63, 3.8) is 0 Å². The number of aromatic hydroxyl groups is 1. The number of fused-ring (bicyclic) bond motifs is 2. The average molecular weight is 310 g/mol. The van der Waals surface area contributed by atoms with Gasteiger partial charge in [0, 0.05) is 5.69 Å². The summed E-state index contributed by atoms with van der Waals surface area (Å²) in [6.07, 6.45) is 0.740. The number of carbonyl (C=O) groups excluding carboxylic acids is 1. The van der Waals surface area contributed by atoms with Crippen molar-refractivity contribution in [3.8, 4) is 11.5 Å². The van der Waals surface area contributed by atoms with Gasteiger partial charge in [0.2, 0.25) is 5.91 Å². The summed E-state index contributed by atoms with van der Waals surface area (Å²) in [7, 11) is 1.52. The van der Waals surface area contributed by atoms with Gasteiger partial charge in [0.05, 0.1) is 18.6 Å². The first-order valence-electron chi connectivity index (χ1n) is 7.68. The molecule has 23 heavy (non-hydrogen) atoms. The maximum Gasteiger partial charge on any atom is 0.237 e. The summed E-state index contributed by atoms with van der Waals surface area (Å²) in [5.41, 5.74) is 2.24. The molecule has 3 N–H and O–H groups in total. The quantitative estimate of drug-likeness (QED) is 0.796. The Morgan fingerprint density at radius 1 is 1.26 bits per heavy atom. The van der Waals surface area contributed by atoms with Gasteiger partial charge in [0.1, 0.15) is 0 Å². The molecule has 1 saturated heterocycles. The molecule has 2 aromatic rings. The summed E-state index contributed by atoms with van der Waals surface area (Å²) in [6.45, 7) is 0.760. The molecule has 1 amide bonds. The van der Waals surface area contributed by atoms with Gasteiger partial charge in [-0.2, -0.15) is 0 Å². The zero-order valence-electron chi connectivity index (χ0n) is 12.8. The Balaban J connectivity index is 1.85. The van der Waals surface area contributed by atoms with E-state index in [9.17, 15) is 9.90 Å². The largest absolute Gasteiger partial charge is 0.504 e. The number of ether oxygens (including phenoxy) is 1. The third-order valence-corrected chi connectivity index (χ3v) is 4.96. The Morgan fingerprint density at radius 3 is 2.91 bits per heavy atom. The van der Waals surface area contributed by atoms with E-state index in [1.54, 1.807) is 12.1 Å². The second-order valence-electron chi connectivity index (χ2n) is 6.04. The van der Waals surface area contributed by atoms with Gasteiger partial charge < -0.3 is 20.5 Å². The molecule has 4 rings (SSSR count). The summed E-state index contributed by atoms with van der Waals surface area (Å²) in [6, 6.07) is 13.0. The van der Waals surface area contributed by atoms with Gasteiger partial charge in [-0.05, 0) is 42.3 Å². The fourth-order valence-corrected chi connectivity index (χ4v) is 3.88. The van der Waals surface area contributed by atoms with Crippen LogP contribution in [0.2, 0.25) is 0 Å². The third kappa shape index (κ3) is 1.86. The number of anilines is 1. The second-order valence-corrected chi connectivity index (χ2v) is 6.04. The van der Waals surface area contributed by atoms with E-state index in [-0.39, 0.29) is 17.7 Å². The summed E-state index contributed by atoms with van der Waals surface area (Å²) < 4.78 is 5.21. The highest BCUT2D eigenvalue weighted by Crippen LogP contribution is 2.51. The van der Waals surface area contributed by atoms with Gasteiger partial charge in [-0.25, -0.2) is 0 Å². The summed E-state index contributed by atoms with van der Waals surface area (Å²) in [5.74, 6) is 0.540. The van der Waals surface area contributed by atoms with Crippen molar-refractivity contribution in [1.82, 2.24) is 5.32 Å². The molecule has 2 aliphatic rings. The van der Waals surface area contributed by atoms with E-state index >= 15 is 0 Å². The van der Waals surface area contributed by atoms with Crippen LogP contribution >= 0.6 is 0 Å². The first kappa shape index (κ1) is 14.1. The predicted octanol–water partition coefficient (Wildman–Crippen LogP) is 2.33. The molecular formula is C18H18N2O3. The first-order valence-corrected chi connectivity index (χ1v) is 7.68. The fourth-order valence-electron chi connectivity index (χ4n) is 3.88. The molecule has 2 aromatic carbocycles. The summed E-state index contributed by atoms with van der Waals surface area (Å²) in [5, 5.41) is 16.3. The zero-order valence-corrected chi connectivity index (χ0v) is 12.8. The molecule has 5 heteroatoms. The molecule has 1 spiro atoms. The Kier molecular flexibility index (Phi) is 3.06. The first-order chi connectivity index (χ1) is 11.2. The molecule has 118 valence electrons. The Hall–Kier alpha value is -2.53. The molecule has 2 unspecified atom stereocenters. The lowest BCUT2D eigenvalue weighted by atomic mass is 9.73. The van der Waals surface area contributed by atoms with Crippen LogP contribution in [0.5, 0.6) is 11.5 Å². The molecule has 0 bridgehead atoms. The van der Waals surface area contributed by atoms with Crippen molar-refractivity contribution in [2.75, 3.05) is 19.0 Å². The molecule has 2 atom stereocenters. The van der Waals surface area contributed by atoms with Crippen molar-refractivity contribution in [1.29, 1.82) is 0 Å². The van der Waals surface area contributed by atoms with Gasteiger partial charge in [-0.3, -0.25) is 4.79 Å². The molecule has 0 aromatic heterocycles. The second kappa shape index (κ2) is 4.99. The normalized spacial score (nSPS) is 25.4. The van der Waals surface area contributed by atoms with Crippen molar-refractivity contribution < 1.29 is 14.6 Å². The van der Waals surface area contributed by atoms with Crippen molar-refractivity contribution >= 4 is 11.6 Å². The van der Waals surface area contributed by atoms with Gasteiger partial charge in [0.15, 0.2) is 11.5 Å². The number of para-hydroxylation sites is 1. The highest BCUT2D eigenvalue weighted by molar-refractivity contribution is 6.07. The highest BCUT2D eigenvalue weighted by atomic mass is 16.5. The van der Waals surface area contributed by atoms with E-state index in [1.165, 1.54) is 7.11 Å². The standard InChI is InChI=1S/C18H18N2O3/c1-23-15-10-11(6-7-14(15)21)16-18(8-9-19-16)12-4-2-3-5-13(12)20-17(18)22/h2-7,10,16,19,21H,8-9H2,1H3,(H,20,22). The molecule has 0 radical (unpaired) electrons. The van der Waals surface area contributed by atoms with Crippen LogP contribution in [0, 0.1) is 0 Å². The Morgan fingerprint density at radius 2 is 2.09 bits per heavy atom. The van der Waals surface area contributed by atoms with Crippen LogP contribution in [0.15, 0.2) is 42.5 Å². The number of carbonyl (C=O) groups is 1. The number of nitrogens with one attached hydrogen (secondary N) is 2. The SMILES string of the molecule is COc1cc(C2NCCC23C(=O)Nc2ccccc23)ccc1O. The van der Waals surface area contributed by atoms with E-state index in [2.05, 4.69) is 10.6 Å². The van der Waals surface area contributed by atoms with Crippen LogP contribution in [0.1, 0.15) is 23.6 Å². The number of hydrogen-bond acceptors (Lipinski definition) is 4. The van der Waals surface area contributed by atoms with Gasteiger partial charge >= 0.3 is 0 Å². The van der Waals surface area contributed by atoms with E-state index in [1.807, 2.05) is 30.3 Å². The Bertz CT molecular complexity index is 790. The molecule has 0 saturated carbocycles. The van der Waals surface area contributed by atoms with Gasteiger partial charge in [-0.1, -0.05) is 24.3 Å². The van der Waals surface area contributed by atoms with Crippen LogP contribution in [0.3, 0.4) is 0 Å². The topological polar surface area (TPSA) is 70.6 Å². The van der Waals surface area contributed by atoms with Crippen molar-refractivity contribution in [3.05, 3.63) is 53.6 Å². The predicted molar refractivity (Wildman–Crippen MR) is 86.8 cm³/mol. The lowest BCUT2D eigenvalue weighted by Crippen LogP contribution is -2.39. The minimum Gasteiger partial charge on any atom is -0.504 e. The molecule has 5 nitrogen and oxygen atoms in total. The summed E-state index contributed by atoms with van der Waals surface area (Å²) in [4.78, 5) is 12.8. The smallest absolute Gasteiger partial charge is 0.237 e. The van der Waals surface area contributed by atoms with Crippen molar-refractivity contribution in [2.45, 2.75) is 17.9 Å². The zero-order chi connectivity index (χ0) is 16.0. The number of methoxy groups -OCH3 is 1. The molecular weight excluding hydrogens is 292 g/mol. The molecule has 2 heterocycles. The minimum absolute atomic E-state index is 0.0285. The van der Waals surface area contributed by atoms with E-state index in [0.29, 0.717) is 5.75 Å². The number of hydrogen-bond donors (Lipinski definition) is 3. The number of amides is 1. The monoisotopic (exact) mass is 310 g/mol. The molecule has 0 aliphatic carbocycles. The van der Waals surface area contributed by atoms with Crippen LogP contribution in [0.25, 0.3) is 0 Å². The van der Waals surface area contributed by atoms with E-state index < -0.39 is 5.41 Å². The lowest BCUT2D eigenvalue weighted by molar-refractivity contribution is -0.121. The number of benzene rings is 2. The highest BCUT2D eigenvalue weighted by Gasteiger charge is 2.55. The van der Waals surface area contributed by atoms with Crippen molar-refractivity contribution in [2.24, 2.45) is 0 Å². The van der Waals surface area contributed by atoms with Gasteiger partial charge in [0.25, 0.3) is 0 Å². The minimum atomic E-state index is -0.613. The van der Waals surface area contributed by atoms with E-state index in [4.69, 9.17) is 4.74 Å². The summed E-state index contributed by atoms with van der Waals surface area (Å²) >= 11 is 0. The third-order valence-electron chi connectivity index (χ3n) is 4.96. The van der Waals surface area contributed by atoms with Crippen LogP contribution in [-0.2, 0) is 10.2 Å². The van der Waals surface area contributed by atoms with Crippen LogP contribution in [0.4, 0.5) is 5.69 Å². The molecule has 2 aliphatic heterocycles. The van der Waals surface area contributed by atoms with Crippen LogP contribution in [-0.4, -0.2) is 24.7 Å². The average Bonchev–Trinajstić information content (AvgIpc) is 3.12. The number of rotatable bonds is 2. The molecule has 1 fully saturated rings.